The molecule has 60 valence electrons. The molecular formula is C8H9Cl2N. The summed E-state index contributed by atoms with van der Waals surface area (Å²) in [6.45, 7) is 2.40. The molecule has 0 amide bonds. The summed E-state index contributed by atoms with van der Waals surface area (Å²) in [5.74, 6) is 0. The molecule has 0 aliphatic heterocycles. The lowest BCUT2D eigenvalue weighted by Gasteiger charge is -2.05. The maximum Gasteiger partial charge on any atom is 0.0468 e. The van der Waals surface area contributed by atoms with E-state index in [0.29, 0.717) is 16.6 Å². The van der Waals surface area contributed by atoms with E-state index in [4.69, 9.17) is 28.9 Å². The molecule has 0 radical (unpaired) electrons. The summed E-state index contributed by atoms with van der Waals surface area (Å²) < 4.78 is 0. The fourth-order valence-electron chi connectivity index (χ4n) is 0.991. The van der Waals surface area contributed by atoms with E-state index in [1.165, 1.54) is 0 Å². The monoisotopic (exact) mass is 189 g/mol. The van der Waals surface area contributed by atoms with Gasteiger partial charge < -0.3 is 5.73 Å². The Labute approximate surface area is 76.1 Å². The van der Waals surface area contributed by atoms with Crippen molar-refractivity contribution in [3.8, 4) is 0 Å². The van der Waals surface area contributed by atoms with Crippen LogP contribution in [0.3, 0.4) is 0 Å². The van der Waals surface area contributed by atoms with Gasteiger partial charge in [-0.3, -0.25) is 0 Å². The average molecular weight is 190 g/mol. The third-order valence-electron chi connectivity index (χ3n) is 1.59. The van der Waals surface area contributed by atoms with Crippen LogP contribution >= 0.6 is 23.2 Å². The molecule has 0 aliphatic carbocycles. The highest BCUT2D eigenvalue weighted by Gasteiger charge is 2.02. The maximum absolute atomic E-state index is 5.87. The highest BCUT2D eigenvalue weighted by molar-refractivity contribution is 6.35. The number of nitrogens with two attached hydrogens (primary N) is 1. The Kier molecular flexibility index (Phi) is 2.77. The molecule has 0 saturated carbocycles. The minimum Gasteiger partial charge on any atom is -0.326 e. The molecule has 0 atom stereocenters. The van der Waals surface area contributed by atoms with E-state index in [-0.39, 0.29) is 0 Å². The Morgan fingerprint density at radius 3 is 2.45 bits per heavy atom. The van der Waals surface area contributed by atoms with Crippen LogP contribution in [0.5, 0.6) is 0 Å². The number of benzene rings is 1. The summed E-state index contributed by atoms with van der Waals surface area (Å²) in [6, 6.07) is 3.56. The Morgan fingerprint density at radius 1 is 1.36 bits per heavy atom. The number of hydrogen-bond acceptors (Lipinski definition) is 1. The first kappa shape index (κ1) is 8.85. The van der Waals surface area contributed by atoms with E-state index in [2.05, 4.69) is 0 Å². The molecule has 1 aromatic rings. The van der Waals surface area contributed by atoms with Gasteiger partial charge in [-0.15, -0.1) is 0 Å². The van der Waals surface area contributed by atoms with Crippen LogP contribution in [-0.4, -0.2) is 0 Å². The standard InChI is InChI=1S/C8H9Cl2N/c1-5-2-6(9)3-8(10)7(5)4-11/h2-3H,4,11H2,1H3. The van der Waals surface area contributed by atoms with Crippen molar-refractivity contribution in [1.82, 2.24) is 0 Å². The van der Waals surface area contributed by atoms with Gasteiger partial charge in [0.25, 0.3) is 0 Å². The molecule has 0 unspecified atom stereocenters. The first-order valence-electron chi connectivity index (χ1n) is 3.29. The molecule has 3 heteroatoms. The maximum atomic E-state index is 5.87. The van der Waals surface area contributed by atoms with E-state index in [1.54, 1.807) is 6.07 Å². The topological polar surface area (TPSA) is 26.0 Å². The van der Waals surface area contributed by atoms with Crippen LogP contribution in [0.4, 0.5) is 0 Å². The zero-order valence-corrected chi connectivity index (χ0v) is 7.71. The quantitative estimate of drug-likeness (QED) is 0.723. The average Bonchev–Trinajstić information content (AvgIpc) is 1.85. The summed E-state index contributed by atoms with van der Waals surface area (Å²) in [7, 11) is 0. The Morgan fingerprint density at radius 2 is 2.00 bits per heavy atom. The lowest BCUT2D eigenvalue weighted by atomic mass is 10.1. The van der Waals surface area contributed by atoms with Crippen LogP contribution in [0.15, 0.2) is 12.1 Å². The Bertz CT molecular complexity index is 248. The van der Waals surface area contributed by atoms with Crippen LogP contribution in [0, 0.1) is 6.92 Å². The molecule has 1 aromatic carbocycles. The van der Waals surface area contributed by atoms with Crippen molar-refractivity contribution in [3.05, 3.63) is 33.3 Å². The van der Waals surface area contributed by atoms with Crippen molar-refractivity contribution >= 4 is 23.2 Å². The molecule has 2 N–H and O–H groups in total. The predicted octanol–water partition coefficient (Wildman–Crippen LogP) is 2.76. The fourth-order valence-corrected chi connectivity index (χ4v) is 1.66. The molecule has 0 bridgehead atoms. The van der Waals surface area contributed by atoms with E-state index < -0.39 is 0 Å². The van der Waals surface area contributed by atoms with Crippen LogP contribution < -0.4 is 5.73 Å². The van der Waals surface area contributed by atoms with Gasteiger partial charge in [-0.05, 0) is 30.2 Å². The largest absolute Gasteiger partial charge is 0.326 e. The van der Waals surface area contributed by atoms with E-state index in [0.717, 1.165) is 11.1 Å². The molecule has 0 aliphatic rings. The second kappa shape index (κ2) is 3.44. The van der Waals surface area contributed by atoms with Gasteiger partial charge in [-0.2, -0.15) is 0 Å². The highest BCUT2D eigenvalue weighted by Crippen LogP contribution is 2.24. The lowest BCUT2D eigenvalue weighted by Crippen LogP contribution is -1.99. The zero-order chi connectivity index (χ0) is 8.43. The summed E-state index contributed by atoms with van der Waals surface area (Å²) in [5, 5.41) is 1.31. The van der Waals surface area contributed by atoms with E-state index in [9.17, 15) is 0 Å². The molecule has 11 heavy (non-hydrogen) atoms. The van der Waals surface area contributed by atoms with Gasteiger partial charge in [0.1, 0.15) is 0 Å². The molecule has 1 rings (SSSR count). The highest BCUT2D eigenvalue weighted by atomic mass is 35.5. The summed E-state index contributed by atoms with van der Waals surface area (Å²) >= 11 is 11.6. The van der Waals surface area contributed by atoms with E-state index >= 15 is 0 Å². The Hall–Kier alpha value is -0.240. The molecule has 0 heterocycles. The van der Waals surface area contributed by atoms with Crippen LogP contribution in [0.1, 0.15) is 11.1 Å². The molecule has 0 saturated heterocycles. The van der Waals surface area contributed by atoms with E-state index in [1.807, 2.05) is 13.0 Å². The predicted molar refractivity (Wildman–Crippen MR) is 49.1 cm³/mol. The van der Waals surface area contributed by atoms with Gasteiger partial charge in [-0.25, -0.2) is 0 Å². The third kappa shape index (κ3) is 1.86. The number of hydrogen-bond donors (Lipinski definition) is 1. The normalized spacial score (nSPS) is 10.2. The molecule has 0 fully saturated rings. The second-order valence-electron chi connectivity index (χ2n) is 2.39. The zero-order valence-electron chi connectivity index (χ0n) is 6.20. The van der Waals surface area contributed by atoms with Crippen molar-refractivity contribution in [3.63, 3.8) is 0 Å². The summed E-state index contributed by atoms with van der Waals surface area (Å²) in [5.41, 5.74) is 7.49. The SMILES string of the molecule is Cc1cc(Cl)cc(Cl)c1CN. The summed E-state index contributed by atoms with van der Waals surface area (Å²) in [4.78, 5) is 0. The molecule has 1 nitrogen and oxygen atoms in total. The van der Waals surface area contributed by atoms with Crippen LogP contribution in [0.25, 0.3) is 0 Å². The molecular weight excluding hydrogens is 181 g/mol. The smallest absolute Gasteiger partial charge is 0.0468 e. The van der Waals surface area contributed by atoms with Gasteiger partial charge in [0.05, 0.1) is 0 Å². The van der Waals surface area contributed by atoms with Gasteiger partial charge in [-0.1, -0.05) is 23.2 Å². The first-order valence-corrected chi connectivity index (χ1v) is 4.05. The first-order chi connectivity index (χ1) is 5.15. The fraction of sp³-hybridized carbons (Fsp3) is 0.250. The van der Waals surface area contributed by atoms with Crippen molar-refractivity contribution in [1.29, 1.82) is 0 Å². The van der Waals surface area contributed by atoms with Gasteiger partial charge >= 0.3 is 0 Å². The second-order valence-corrected chi connectivity index (χ2v) is 3.23. The van der Waals surface area contributed by atoms with Gasteiger partial charge in [0.15, 0.2) is 0 Å². The minimum atomic E-state index is 0.460. The lowest BCUT2D eigenvalue weighted by molar-refractivity contribution is 1.05. The Balaban J connectivity index is 3.25. The van der Waals surface area contributed by atoms with Crippen LogP contribution in [0.2, 0.25) is 10.0 Å². The number of halogens is 2. The van der Waals surface area contributed by atoms with Gasteiger partial charge in [0.2, 0.25) is 0 Å². The number of rotatable bonds is 1. The van der Waals surface area contributed by atoms with Crippen molar-refractivity contribution < 1.29 is 0 Å². The van der Waals surface area contributed by atoms with Crippen LogP contribution in [-0.2, 0) is 6.54 Å². The van der Waals surface area contributed by atoms with Crippen molar-refractivity contribution in [2.45, 2.75) is 13.5 Å². The van der Waals surface area contributed by atoms with Gasteiger partial charge in [0, 0.05) is 16.6 Å². The molecule has 0 aromatic heterocycles. The van der Waals surface area contributed by atoms with Crippen molar-refractivity contribution in [2.75, 3.05) is 0 Å². The summed E-state index contributed by atoms with van der Waals surface area (Å²) in [6.07, 6.45) is 0. The molecule has 0 spiro atoms. The number of aryl methyl sites for hydroxylation is 1. The third-order valence-corrected chi connectivity index (χ3v) is 2.14. The van der Waals surface area contributed by atoms with Crippen molar-refractivity contribution in [2.24, 2.45) is 5.73 Å². The minimum absolute atomic E-state index is 0.460.